The van der Waals surface area contributed by atoms with Gasteiger partial charge in [0.2, 0.25) is 5.78 Å². The molecule has 0 fully saturated rings. The summed E-state index contributed by atoms with van der Waals surface area (Å²) in [6, 6.07) is 23.1. The zero-order valence-electron chi connectivity index (χ0n) is 15.6. The quantitative estimate of drug-likeness (QED) is 0.282. The molecule has 5 rings (SSSR count). The molecule has 0 atom stereocenters. The van der Waals surface area contributed by atoms with Gasteiger partial charge in [-0.05, 0) is 42.0 Å². The van der Waals surface area contributed by atoms with Crippen LogP contribution in [0.25, 0.3) is 39.4 Å². The lowest BCUT2D eigenvalue weighted by atomic mass is 10.0. The molecule has 0 amide bonds. The standard InChI is InChI=1S/C24H14Cl3N3/c25-19-7-1-15(2-8-19)18-13-28-24-29-22(16-3-9-20(26)10-4-16)23(30(24)14-18)17-5-11-21(27)12-6-17/h1-14H. The summed E-state index contributed by atoms with van der Waals surface area (Å²) in [5.41, 5.74) is 5.71. The minimum absolute atomic E-state index is 0.614. The summed E-state index contributed by atoms with van der Waals surface area (Å²) >= 11 is 18.3. The third-order valence-corrected chi connectivity index (χ3v) is 5.65. The first kappa shape index (κ1) is 19.1. The Morgan fingerprint density at radius 1 is 0.567 bits per heavy atom. The van der Waals surface area contributed by atoms with E-state index in [1.807, 2.05) is 89.6 Å². The number of hydrogen-bond donors (Lipinski definition) is 0. The Morgan fingerprint density at radius 2 is 1.07 bits per heavy atom. The predicted octanol–water partition coefficient (Wildman–Crippen LogP) is 7.69. The molecule has 0 N–H and O–H groups in total. The maximum absolute atomic E-state index is 6.12. The van der Waals surface area contributed by atoms with Crippen LogP contribution in [0.4, 0.5) is 0 Å². The van der Waals surface area contributed by atoms with Gasteiger partial charge in [0.1, 0.15) is 0 Å². The molecule has 0 radical (unpaired) electrons. The predicted molar refractivity (Wildman–Crippen MR) is 124 cm³/mol. The Balaban J connectivity index is 1.76. The summed E-state index contributed by atoms with van der Waals surface area (Å²) in [4.78, 5) is 9.43. The molecule has 0 saturated carbocycles. The van der Waals surface area contributed by atoms with Gasteiger partial charge in [-0.2, -0.15) is 0 Å². The van der Waals surface area contributed by atoms with Crippen LogP contribution < -0.4 is 0 Å². The Hall–Kier alpha value is -2.85. The maximum Gasteiger partial charge on any atom is 0.234 e. The van der Waals surface area contributed by atoms with Crippen molar-refractivity contribution in [2.45, 2.75) is 0 Å². The van der Waals surface area contributed by atoms with Crippen LogP contribution >= 0.6 is 34.8 Å². The van der Waals surface area contributed by atoms with Gasteiger partial charge in [-0.3, -0.25) is 4.40 Å². The highest BCUT2D eigenvalue weighted by Crippen LogP contribution is 2.34. The number of benzene rings is 3. The van der Waals surface area contributed by atoms with E-state index in [-0.39, 0.29) is 0 Å². The monoisotopic (exact) mass is 449 g/mol. The third kappa shape index (κ3) is 3.56. The van der Waals surface area contributed by atoms with E-state index in [1.165, 1.54) is 0 Å². The first-order valence-electron chi connectivity index (χ1n) is 9.24. The van der Waals surface area contributed by atoms with Crippen molar-refractivity contribution in [2.24, 2.45) is 0 Å². The molecule has 0 saturated heterocycles. The Bertz CT molecular complexity index is 1340. The second-order valence-corrected chi connectivity index (χ2v) is 8.15. The van der Waals surface area contributed by atoms with Gasteiger partial charge in [-0.25, -0.2) is 9.97 Å². The molecule has 146 valence electrons. The topological polar surface area (TPSA) is 30.2 Å². The largest absolute Gasteiger partial charge is 0.282 e. The number of hydrogen-bond acceptors (Lipinski definition) is 2. The van der Waals surface area contributed by atoms with Gasteiger partial charge in [0.15, 0.2) is 0 Å². The highest BCUT2D eigenvalue weighted by molar-refractivity contribution is 6.31. The second-order valence-electron chi connectivity index (χ2n) is 6.84. The van der Waals surface area contributed by atoms with E-state index >= 15 is 0 Å². The Kier molecular flexibility index (Phi) is 4.95. The lowest BCUT2D eigenvalue weighted by Crippen LogP contribution is -1.93. The van der Waals surface area contributed by atoms with Crippen LogP contribution in [0.2, 0.25) is 15.1 Å². The van der Waals surface area contributed by atoms with E-state index < -0.39 is 0 Å². The zero-order valence-corrected chi connectivity index (χ0v) is 17.8. The van der Waals surface area contributed by atoms with Gasteiger partial charge in [0.25, 0.3) is 0 Å². The summed E-state index contributed by atoms with van der Waals surface area (Å²) in [6.45, 7) is 0. The summed E-state index contributed by atoms with van der Waals surface area (Å²) < 4.78 is 2.01. The van der Waals surface area contributed by atoms with Crippen LogP contribution in [0.15, 0.2) is 85.2 Å². The summed E-state index contributed by atoms with van der Waals surface area (Å²) in [5.74, 6) is 0.614. The van der Waals surface area contributed by atoms with Crippen molar-refractivity contribution in [3.63, 3.8) is 0 Å². The molecule has 0 aliphatic rings. The molecular formula is C24H14Cl3N3. The van der Waals surface area contributed by atoms with E-state index in [0.717, 1.165) is 33.6 Å². The van der Waals surface area contributed by atoms with Crippen molar-refractivity contribution in [1.29, 1.82) is 0 Å². The molecule has 0 spiro atoms. The molecule has 6 heteroatoms. The maximum atomic E-state index is 6.12. The SMILES string of the molecule is Clc1ccc(-c2cnc3nc(-c4ccc(Cl)cc4)c(-c4ccc(Cl)cc4)n3c2)cc1. The van der Waals surface area contributed by atoms with Gasteiger partial charge in [0.05, 0.1) is 11.4 Å². The zero-order chi connectivity index (χ0) is 20.7. The number of aromatic nitrogens is 3. The van der Waals surface area contributed by atoms with Crippen molar-refractivity contribution in [2.75, 3.05) is 0 Å². The fourth-order valence-electron chi connectivity index (χ4n) is 3.42. The molecule has 0 aliphatic heterocycles. The number of fused-ring (bicyclic) bond motifs is 1. The highest BCUT2D eigenvalue weighted by atomic mass is 35.5. The number of rotatable bonds is 3. The minimum Gasteiger partial charge on any atom is -0.282 e. The third-order valence-electron chi connectivity index (χ3n) is 4.89. The summed E-state index contributed by atoms with van der Waals surface area (Å²) in [6.07, 6.45) is 3.87. The second kappa shape index (κ2) is 7.77. The van der Waals surface area contributed by atoms with E-state index in [9.17, 15) is 0 Å². The molecule has 2 aromatic heterocycles. The molecule has 2 heterocycles. The van der Waals surface area contributed by atoms with E-state index in [2.05, 4.69) is 4.98 Å². The molecular weight excluding hydrogens is 437 g/mol. The van der Waals surface area contributed by atoms with Crippen LogP contribution in [-0.2, 0) is 0 Å². The summed E-state index contributed by atoms with van der Waals surface area (Å²) in [5, 5.41) is 2.06. The van der Waals surface area contributed by atoms with Gasteiger partial charge < -0.3 is 0 Å². The van der Waals surface area contributed by atoms with Gasteiger partial charge in [-0.15, -0.1) is 0 Å². The first-order valence-corrected chi connectivity index (χ1v) is 10.4. The molecule has 30 heavy (non-hydrogen) atoms. The fraction of sp³-hybridized carbons (Fsp3) is 0. The minimum atomic E-state index is 0.614. The highest BCUT2D eigenvalue weighted by Gasteiger charge is 2.17. The number of nitrogens with zero attached hydrogens (tertiary/aromatic N) is 3. The Morgan fingerprint density at radius 3 is 1.63 bits per heavy atom. The van der Waals surface area contributed by atoms with Crippen molar-refractivity contribution in [3.8, 4) is 33.6 Å². The van der Waals surface area contributed by atoms with Crippen LogP contribution in [0, 0.1) is 0 Å². The van der Waals surface area contributed by atoms with Crippen molar-refractivity contribution in [3.05, 3.63) is 100 Å². The molecule has 0 aliphatic carbocycles. The molecule has 3 aromatic carbocycles. The van der Waals surface area contributed by atoms with Crippen molar-refractivity contribution < 1.29 is 0 Å². The van der Waals surface area contributed by atoms with E-state index in [0.29, 0.717) is 20.8 Å². The van der Waals surface area contributed by atoms with E-state index in [4.69, 9.17) is 39.8 Å². The van der Waals surface area contributed by atoms with Crippen LogP contribution in [0.5, 0.6) is 0 Å². The molecule has 0 unspecified atom stereocenters. The van der Waals surface area contributed by atoms with Crippen LogP contribution in [-0.4, -0.2) is 14.4 Å². The molecule has 5 aromatic rings. The number of halogens is 3. The van der Waals surface area contributed by atoms with E-state index in [1.54, 1.807) is 0 Å². The van der Waals surface area contributed by atoms with Crippen molar-refractivity contribution in [1.82, 2.24) is 14.4 Å². The first-order chi connectivity index (χ1) is 14.6. The smallest absolute Gasteiger partial charge is 0.234 e. The van der Waals surface area contributed by atoms with Crippen LogP contribution in [0.1, 0.15) is 0 Å². The van der Waals surface area contributed by atoms with Gasteiger partial charge >= 0.3 is 0 Å². The lowest BCUT2D eigenvalue weighted by molar-refractivity contribution is 1.11. The average Bonchev–Trinajstić information content (AvgIpc) is 3.14. The van der Waals surface area contributed by atoms with Crippen LogP contribution in [0.3, 0.4) is 0 Å². The lowest BCUT2D eigenvalue weighted by Gasteiger charge is -2.08. The average molecular weight is 451 g/mol. The Labute approximate surface area is 188 Å². The van der Waals surface area contributed by atoms with Gasteiger partial charge in [-0.1, -0.05) is 71.2 Å². The van der Waals surface area contributed by atoms with Gasteiger partial charge in [0, 0.05) is 44.2 Å². The molecule has 0 bridgehead atoms. The fourth-order valence-corrected chi connectivity index (χ4v) is 3.80. The normalized spacial score (nSPS) is 11.2. The van der Waals surface area contributed by atoms with Crippen molar-refractivity contribution >= 4 is 40.6 Å². The summed E-state index contributed by atoms with van der Waals surface area (Å²) in [7, 11) is 0. The number of imidazole rings is 1. The molecule has 3 nitrogen and oxygen atoms in total.